The van der Waals surface area contributed by atoms with Gasteiger partial charge in [0.15, 0.2) is 0 Å². The minimum Gasteiger partial charge on any atom is -0.481 e. The lowest BCUT2D eigenvalue weighted by atomic mass is 9.95. The molecule has 1 aromatic carbocycles. The summed E-state index contributed by atoms with van der Waals surface area (Å²) in [6.45, 7) is -0.0209. The zero-order chi connectivity index (χ0) is 12.0. The van der Waals surface area contributed by atoms with Gasteiger partial charge >= 0.3 is 5.97 Å². The smallest absolute Gasteiger partial charge is 0.306 e. The predicted octanol–water partition coefficient (Wildman–Crippen LogP) is 1.84. The molecule has 16 heavy (non-hydrogen) atoms. The Bertz CT molecular complexity index is 352. The van der Waals surface area contributed by atoms with E-state index >= 15 is 0 Å². The number of hydrogen-bond donors (Lipinski definition) is 2. The molecule has 0 aliphatic heterocycles. The Morgan fingerprint density at radius 1 is 1.44 bits per heavy atom. The van der Waals surface area contributed by atoms with Crippen molar-refractivity contribution in [2.24, 2.45) is 5.92 Å². The van der Waals surface area contributed by atoms with E-state index in [0.29, 0.717) is 24.8 Å². The van der Waals surface area contributed by atoms with Crippen molar-refractivity contribution in [3.63, 3.8) is 0 Å². The maximum absolute atomic E-state index is 12.9. The number of hydrogen-bond acceptors (Lipinski definition) is 2. The van der Waals surface area contributed by atoms with Gasteiger partial charge in [0, 0.05) is 6.61 Å². The molecule has 4 heteroatoms. The van der Waals surface area contributed by atoms with Crippen LogP contribution < -0.4 is 0 Å². The highest BCUT2D eigenvalue weighted by Crippen LogP contribution is 2.15. The molecular formula is C12H15FO3. The summed E-state index contributed by atoms with van der Waals surface area (Å²) in [6, 6.07) is 5.94. The van der Waals surface area contributed by atoms with Crippen molar-refractivity contribution in [1.29, 1.82) is 0 Å². The first-order valence-corrected chi connectivity index (χ1v) is 5.21. The number of aliphatic hydroxyl groups excluding tert-OH is 1. The second-order valence-electron chi connectivity index (χ2n) is 3.74. The van der Waals surface area contributed by atoms with Crippen LogP contribution in [0.1, 0.15) is 18.4 Å². The third-order valence-corrected chi connectivity index (χ3v) is 2.43. The third kappa shape index (κ3) is 3.98. The summed E-state index contributed by atoms with van der Waals surface area (Å²) in [6.07, 6.45) is 1.15. The van der Waals surface area contributed by atoms with Crippen molar-refractivity contribution < 1.29 is 19.4 Å². The molecule has 1 atom stereocenters. The van der Waals surface area contributed by atoms with Crippen LogP contribution in [0.4, 0.5) is 4.39 Å². The molecule has 0 radical (unpaired) electrons. The maximum Gasteiger partial charge on any atom is 0.306 e. The number of halogens is 1. The lowest BCUT2D eigenvalue weighted by Gasteiger charge is -2.11. The van der Waals surface area contributed by atoms with E-state index in [1.165, 1.54) is 12.1 Å². The van der Waals surface area contributed by atoms with Crippen LogP contribution in [0.2, 0.25) is 0 Å². The molecule has 1 rings (SSSR count). The Balaban J connectivity index is 2.64. The van der Waals surface area contributed by atoms with Crippen molar-refractivity contribution in [2.45, 2.75) is 19.3 Å². The Kier molecular flexibility index (Phi) is 4.92. The molecule has 0 saturated carbocycles. The molecule has 0 aliphatic rings. The average Bonchev–Trinajstić information content (AvgIpc) is 2.24. The lowest BCUT2D eigenvalue weighted by molar-refractivity contribution is -0.142. The van der Waals surface area contributed by atoms with E-state index in [-0.39, 0.29) is 12.4 Å². The summed E-state index contributed by atoms with van der Waals surface area (Å²) in [5, 5.41) is 17.6. The minimum absolute atomic E-state index is 0.0209. The number of benzene rings is 1. The lowest BCUT2D eigenvalue weighted by Crippen LogP contribution is -2.17. The Morgan fingerprint density at radius 3 is 2.75 bits per heavy atom. The molecule has 2 N–H and O–H groups in total. The van der Waals surface area contributed by atoms with Crippen LogP contribution >= 0.6 is 0 Å². The normalized spacial score (nSPS) is 12.4. The van der Waals surface area contributed by atoms with Crippen molar-refractivity contribution >= 4 is 5.97 Å². The minimum atomic E-state index is -0.905. The largest absolute Gasteiger partial charge is 0.481 e. The van der Waals surface area contributed by atoms with E-state index in [2.05, 4.69) is 0 Å². The average molecular weight is 226 g/mol. The number of carbonyl (C=O) groups is 1. The van der Waals surface area contributed by atoms with Crippen LogP contribution in [0, 0.1) is 11.7 Å². The summed E-state index contributed by atoms with van der Waals surface area (Å²) in [5.41, 5.74) is 0.672. The van der Waals surface area contributed by atoms with Gasteiger partial charge in [-0.2, -0.15) is 0 Å². The van der Waals surface area contributed by atoms with Crippen LogP contribution in [-0.4, -0.2) is 22.8 Å². The Labute approximate surface area is 93.5 Å². The molecule has 0 aliphatic carbocycles. The zero-order valence-corrected chi connectivity index (χ0v) is 8.90. The van der Waals surface area contributed by atoms with Crippen molar-refractivity contribution in [3.05, 3.63) is 35.6 Å². The highest BCUT2D eigenvalue weighted by molar-refractivity contribution is 5.70. The first-order chi connectivity index (χ1) is 7.63. The maximum atomic E-state index is 12.9. The number of rotatable bonds is 6. The summed E-state index contributed by atoms with van der Waals surface area (Å²) in [5.74, 6) is -1.82. The first-order valence-electron chi connectivity index (χ1n) is 5.21. The summed E-state index contributed by atoms with van der Waals surface area (Å²) in [4.78, 5) is 10.9. The van der Waals surface area contributed by atoms with Gasteiger partial charge in [-0.1, -0.05) is 12.1 Å². The SMILES string of the molecule is O=C(O)C(CCCO)Cc1cccc(F)c1. The number of aliphatic carboxylic acids is 1. The Morgan fingerprint density at radius 2 is 2.19 bits per heavy atom. The quantitative estimate of drug-likeness (QED) is 0.778. The molecule has 0 amide bonds. The topological polar surface area (TPSA) is 57.5 Å². The summed E-state index contributed by atoms with van der Waals surface area (Å²) >= 11 is 0. The zero-order valence-electron chi connectivity index (χ0n) is 8.90. The molecule has 88 valence electrons. The van der Waals surface area contributed by atoms with Gasteiger partial charge in [-0.25, -0.2) is 4.39 Å². The van der Waals surface area contributed by atoms with Crippen molar-refractivity contribution in [3.8, 4) is 0 Å². The molecule has 0 saturated heterocycles. The second-order valence-corrected chi connectivity index (χ2v) is 3.74. The predicted molar refractivity (Wildman–Crippen MR) is 57.5 cm³/mol. The van der Waals surface area contributed by atoms with E-state index in [4.69, 9.17) is 10.2 Å². The third-order valence-electron chi connectivity index (χ3n) is 2.43. The fourth-order valence-electron chi connectivity index (χ4n) is 1.60. The highest BCUT2D eigenvalue weighted by Gasteiger charge is 2.17. The monoisotopic (exact) mass is 226 g/mol. The fraction of sp³-hybridized carbons (Fsp3) is 0.417. The summed E-state index contributed by atoms with van der Waals surface area (Å²) in [7, 11) is 0. The van der Waals surface area contributed by atoms with Crippen molar-refractivity contribution in [2.75, 3.05) is 6.61 Å². The van der Waals surface area contributed by atoms with E-state index in [1.807, 2.05) is 0 Å². The van der Waals surface area contributed by atoms with Gasteiger partial charge in [-0.3, -0.25) is 4.79 Å². The number of aliphatic hydroxyl groups is 1. The van der Waals surface area contributed by atoms with Gasteiger partial charge in [-0.15, -0.1) is 0 Å². The van der Waals surface area contributed by atoms with E-state index in [9.17, 15) is 9.18 Å². The van der Waals surface area contributed by atoms with Crippen LogP contribution in [0.5, 0.6) is 0 Å². The number of carboxylic acid groups (broad SMARTS) is 1. The molecule has 0 spiro atoms. The van der Waals surface area contributed by atoms with Crippen LogP contribution in [0.15, 0.2) is 24.3 Å². The summed E-state index contributed by atoms with van der Waals surface area (Å²) < 4.78 is 12.9. The van der Waals surface area contributed by atoms with Crippen LogP contribution in [0.25, 0.3) is 0 Å². The first kappa shape index (κ1) is 12.6. The number of carboxylic acids is 1. The van der Waals surface area contributed by atoms with Gasteiger partial charge in [0.1, 0.15) is 5.82 Å². The molecule has 0 bridgehead atoms. The molecule has 0 fully saturated rings. The second kappa shape index (κ2) is 6.23. The van der Waals surface area contributed by atoms with Gasteiger partial charge in [-0.05, 0) is 37.0 Å². The Hall–Kier alpha value is -1.42. The van der Waals surface area contributed by atoms with Crippen LogP contribution in [0.3, 0.4) is 0 Å². The van der Waals surface area contributed by atoms with Gasteiger partial charge in [0.05, 0.1) is 5.92 Å². The van der Waals surface area contributed by atoms with E-state index in [1.54, 1.807) is 12.1 Å². The molecule has 3 nitrogen and oxygen atoms in total. The fourth-order valence-corrected chi connectivity index (χ4v) is 1.60. The van der Waals surface area contributed by atoms with Crippen molar-refractivity contribution in [1.82, 2.24) is 0 Å². The van der Waals surface area contributed by atoms with Gasteiger partial charge in [0.25, 0.3) is 0 Å². The molecule has 1 aromatic rings. The van der Waals surface area contributed by atoms with Gasteiger partial charge < -0.3 is 10.2 Å². The molecule has 0 heterocycles. The van der Waals surface area contributed by atoms with E-state index < -0.39 is 11.9 Å². The van der Waals surface area contributed by atoms with Crippen LogP contribution in [-0.2, 0) is 11.2 Å². The molecular weight excluding hydrogens is 211 g/mol. The highest BCUT2D eigenvalue weighted by atomic mass is 19.1. The van der Waals surface area contributed by atoms with E-state index in [0.717, 1.165) is 0 Å². The molecule has 1 unspecified atom stereocenters. The molecule has 0 aromatic heterocycles. The standard InChI is InChI=1S/C12H15FO3/c13-11-5-1-3-9(8-11)7-10(12(15)16)4-2-6-14/h1,3,5,8,10,14H,2,4,6-7H2,(H,15,16). The van der Waals surface area contributed by atoms with Gasteiger partial charge in [0.2, 0.25) is 0 Å².